The van der Waals surface area contributed by atoms with Gasteiger partial charge in [-0.15, -0.1) is 0 Å². The molecule has 2 amide bonds. The van der Waals surface area contributed by atoms with Crippen LogP contribution >= 0.6 is 0 Å². The van der Waals surface area contributed by atoms with Crippen LogP contribution in [0, 0.1) is 5.92 Å². The summed E-state index contributed by atoms with van der Waals surface area (Å²) in [5, 5.41) is 0. The molecule has 1 saturated heterocycles. The molecule has 1 fully saturated rings. The molecule has 5 heteroatoms. The molecule has 1 aromatic carbocycles. The van der Waals surface area contributed by atoms with Crippen molar-refractivity contribution in [2.24, 2.45) is 5.92 Å². The van der Waals surface area contributed by atoms with E-state index in [1.54, 1.807) is 7.11 Å². The highest BCUT2D eigenvalue weighted by Gasteiger charge is 2.27. The maximum atomic E-state index is 12.8. The Kier molecular flexibility index (Phi) is 6.85. The summed E-state index contributed by atoms with van der Waals surface area (Å²) in [6.45, 7) is 8.60. The topological polar surface area (TPSA) is 49.9 Å². The molecule has 0 bridgehead atoms. The first-order valence-corrected chi connectivity index (χ1v) is 9.30. The lowest BCUT2D eigenvalue weighted by Crippen LogP contribution is -2.51. The van der Waals surface area contributed by atoms with Crippen LogP contribution in [-0.4, -0.2) is 54.9 Å². The third-order valence-corrected chi connectivity index (χ3v) is 5.12. The van der Waals surface area contributed by atoms with Crippen molar-refractivity contribution in [3.05, 3.63) is 29.3 Å². The van der Waals surface area contributed by atoms with Crippen LogP contribution in [0.3, 0.4) is 0 Å². The Hall–Kier alpha value is -2.04. The Balaban J connectivity index is 2.01. The quantitative estimate of drug-likeness (QED) is 0.796. The van der Waals surface area contributed by atoms with Crippen LogP contribution in [0.25, 0.3) is 0 Å². The number of piperazine rings is 1. The van der Waals surface area contributed by atoms with Crippen LogP contribution in [-0.2, 0) is 11.2 Å². The molecule has 138 valence electrons. The number of carbonyl (C=O) groups excluding carboxylic acids is 2. The average molecular weight is 346 g/mol. The van der Waals surface area contributed by atoms with E-state index in [0.29, 0.717) is 31.7 Å². The molecule has 0 aromatic heterocycles. The first kappa shape index (κ1) is 19.3. The second-order valence-corrected chi connectivity index (χ2v) is 6.51. The number of methoxy groups -OCH3 is 1. The van der Waals surface area contributed by atoms with Gasteiger partial charge in [0, 0.05) is 37.7 Å². The number of nitrogens with zero attached hydrogens (tertiary/aromatic N) is 2. The van der Waals surface area contributed by atoms with Gasteiger partial charge in [-0.05, 0) is 43.0 Å². The van der Waals surface area contributed by atoms with E-state index in [2.05, 4.69) is 13.8 Å². The second kappa shape index (κ2) is 8.88. The highest BCUT2D eigenvalue weighted by atomic mass is 16.5. The highest BCUT2D eigenvalue weighted by Crippen LogP contribution is 2.22. The molecule has 2 rings (SSSR count). The van der Waals surface area contributed by atoms with Gasteiger partial charge in [-0.3, -0.25) is 9.59 Å². The van der Waals surface area contributed by atoms with Crippen LogP contribution in [0.1, 0.15) is 49.5 Å². The number of amides is 2. The van der Waals surface area contributed by atoms with Crippen LogP contribution in [0.4, 0.5) is 0 Å². The standard InChI is InChI=1S/C20H30N2O3/c1-5-15(6-2)19(23)21-10-12-22(13-11-21)20(24)17-8-9-18(25-4)16(7-3)14-17/h8-9,14-15H,5-7,10-13H2,1-4H3. The Morgan fingerprint density at radius 2 is 1.64 bits per heavy atom. The first-order valence-electron chi connectivity index (χ1n) is 9.30. The molecule has 0 spiro atoms. The van der Waals surface area contributed by atoms with E-state index in [1.165, 1.54) is 0 Å². The van der Waals surface area contributed by atoms with Crippen molar-refractivity contribution in [2.75, 3.05) is 33.3 Å². The van der Waals surface area contributed by atoms with Crippen molar-refractivity contribution in [1.82, 2.24) is 9.80 Å². The van der Waals surface area contributed by atoms with E-state index < -0.39 is 0 Å². The van der Waals surface area contributed by atoms with Crippen molar-refractivity contribution < 1.29 is 14.3 Å². The van der Waals surface area contributed by atoms with E-state index in [1.807, 2.05) is 34.9 Å². The summed E-state index contributed by atoms with van der Waals surface area (Å²) in [7, 11) is 1.64. The SMILES string of the molecule is CCc1cc(C(=O)N2CCN(C(=O)C(CC)CC)CC2)ccc1OC. The Morgan fingerprint density at radius 1 is 1.04 bits per heavy atom. The summed E-state index contributed by atoms with van der Waals surface area (Å²) in [6.07, 6.45) is 2.57. The molecule has 0 aliphatic carbocycles. The van der Waals surface area contributed by atoms with Crippen LogP contribution in [0.5, 0.6) is 5.75 Å². The fraction of sp³-hybridized carbons (Fsp3) is 0.600. The monoisotopic (exact) mass is 346 g/mol. The normalized spacial score (nSPS) is 14.8. The minimum absolute atomic E-state index is 0.0342. The lowest BCUT2D eigenvalue weighted by Gasteiger charge is -2.36. The lowest BCUT2D eigenvalue weighted by atomic mass is 10.0. The smallest absolute Gasteiger partial charge is 0.253 e. The number of ether oxygens (including phenoxy) is 1. The predicted molar refractivity (Wildman–Crippen MR) is 98.9 cm³/mol. The molecule has 0 atom stereocenters. The predicted octanol–water partition coefficient (Wildman–Crippen LogP) is 2.98. The molecule has 0 unspecified atom stereocenters. The molecule has 0 radical (unpaired) electrons. The molecule has 0 saturated carbocycles. The molecular formula is C20H30N2O3. The highest BCUT2D eigenvalue weighted by molar-refractivity contribution is 5.95. The molecule has 1 aliphatic heterocycles. The van der Waals surface area contributed by atoms with Crippen LogP contribution in [0.15, 0.2) is 18.2 Å². The lowest BCUT2D eigenvalue weighted by molar-refractivity contribution is -0.137. The number of rotatable bonds is 6. The second-order valence-electron chi connectivity index (χ2n) is 6.51. The molecule has 5 nitrogen and oxygen atoms in total. The van der Waals surface area contributed by atoms with Crippen LogP contribution in [0.2, 0.25) is 0 Å². The van der Waals surface area contributed by atoms with Gasteiger partial charge in [0.05, 0.1) is 7.11 Å². The van der Waals surface area contributed by atoms with Gasteiger partial charge in [0.25, 0.3) is 5.91 Å². The summed E-state index contributed by atoms with van der Waals surface area (Å²) >= 11 is 0. The van der Waals surface area contributed by atoms with Crippen molar-refractivity contribution >= 4 is 11.8 Å². The minimum Gasteiger partial charge on any atom is -0.496 e. The molecule has 25 heavy (non-hydrogen) atoms. The van der Waals surface area contributed by atoms with Crippen LogP contribution < -0.4 is 4.74 Å². The van der Waals surface area contributed by atoms with Crippen molar-refractivity contribution in [1.29, 1.82) is 0 Å². The zero-order valence-electron chi connectivity index (χ0n) is 15.9. The van der Waals surface area contributed by atoms with Gasteiger partial charge in [0.2, 0.25) is 5.91 Å². The first-order chi connectivity index (χ1) is 12.0. The fourth-order valence-electron chi connectivity index (χ4n) is 3.40. The zero-order valence-corrected chi connectivity index (χ0v) is 15.9. The van der Waals surface area contributed by atoms with Crippen molar-refractivity contribution in [3.8, 4) is 5.75 Å². The van der Waals surface area contributed by atoms with Gasteiger partial charge < -0.3 is 14.5 Å². The van der Waals surface area contributed by atoms with Gasteiger partial charge in [0.1, 0.15) is 5.75 Å². The maximum absolute atomic E-state index is 12.8. The van der Waals surface area contributed by atoms with E-state index >= 15 is 0 Å². The fourth-order valence-corrected chi connectivity index (χ4v) is 3.40. The van der Waals surface area contributed by atoms with E-state index in [9.17, 15) is 9.59 Å². The Labute approximate surface area is 150 Å². The summed E-state index contributed by atoms with van der Waals surface area (Å²) in [6, 6.07) is 5.60. The molecular weight excluding hydrogens is 316 g/mol. The maximum Gasteiger partial charge on any atom is 0.253 e. The summed E-state index contributed by atoms with van der Waals surface area (Å²) < 4.78 is 5.33. The molecule has 1 heterocycles. The molecule has 0 N–H and O–H groups in total. The zero-order chi connectivity index (χ0) is 18.4. The number of aryl methyl sites for hydroxylation is 1. The average Bonchev–Trinajstić information content (AvgIpc) is 2.67. The largest absolute Gasteiger partial charge is 0.496 e. The number of benzene rings is 1. The number of hydrogen-bond acceptors (Lipinski definition) is 3. The molecule has 1 aliphatic rings. The third-order valence-electron chi connectivity index (χ3n) is 5.12. The van der Waals surface area contributed by atoms with Gasteiger partial charge in [-0.2, -0.15) is 0 Å². The molecule has 1 aromatic rings. The van der Waals surface area contributed by atoms with E-state index in [-0.39, 0.29) is 17.7 Å². The van der Waals surface area contributed by atoms with Crippen molar-refractivity contribution in [3.63, 3.8) is 0 Å². The summed E-state index contributed by atoms with van der Waals surface area (Å²) in [5.41, 5.74) is 1.73. The Morgan fingerprint density at radius 3 is 2.16 bits per heavy atom. The van der Waals surface area contributed by atoms with Crippen molar-refractivity contribution in [2.45, 2.75) is 40.0 Å². The van der Waals surface area contributed by atoms with Gasteiger partial charge in [0.15, 0.2) is 0 Å². The number of carbonyl (C=O) groups is 2. The van der Waals surface area contributed by atoms with Gasteiger partial charge in [-0.25, -0.2) is 0 Å². The summed E-state index contributed by atoms with van der Waals surface area (Å²) in [5.74, 6) is 1.19. The van der Waals surface area contributed by atoms with Gasteiger partial charge >= 0.3 is 0 Å². The van der Waals surface area contributed by atoms with Gasteiger partial charge in [-0.1, -0.05) is 20.8 Å². The summed E-state index contributed by atoms with van der Waals surface area (Å²) in [4.78, 5) is 29.0. The minimum atomic E-state index is 0.0342. The van der Waals surface area contributed by atoms with E-state index in [0.717, 1.165) is 30.6 Å². The number of hydrogen-bond donors (Lipinski definition) is 0. The van der Waals surface area contributed by atoms with E-state index in [4.69, 9.17) is 4.74 Å². The third kappa shape index (κ3) is 4.33. The Bertz CT molecular complexity index is 603.